The lowest BCUT2D eigenvalue weighted by molar-refractivity contribution is -0.00182. The Morgan fingerprint density at radius 1 is 0.920 bits per heavy atom. The minimum atomic E-state index is -0.368. The van der Waals surface area contributed by atoms with Gasteiger partial charge in [0.15, 0.2) is 0 Å². The average molecular weight is 360 g/mol. The Morgan fingerprint density at radius 2 is 1.56 bits per heavy atom. The molecule has 0 spiro atoms. The van der Waals surface area contributed by atoms with Crippen LogP contribution in [0.1, 0.15) is 32.1 Å². The molecule has 146 valence electrons. The van der Waals surface area contributed by atoms with E-state index in [1.165, 1.54) is 0 Å². The van der Waals surface area contributed by atoms with E-state index >= 15 is 0 Å². The molecule has 0 bridgehead atoms. The summed E-state index contributed by atoms with van der Waals surface area (Å²) in [5.74, 6) is 4.86. The second-order valence-corrected chi connectivity index (χ2v) is 5.64. The van der Waals surface area contributed by atoms with Gasteiger partial charge in [0.25, 0.3) is 0 Å². The largest absolute Gasteiger partial charge is 0.446 e. The Hall–Kier alpha value is -1.19. The van der Waals surface area contributed by atoms with Gasteiger partial charge in [-0.1, -0.05) is 12.2 Å². The summed E-state index contributed by atoms with van der Waals surface area (Å²) in [7, 11) is 0. The lowest BCUT2D eigenvalue weighted by Crippen LogP contribution is -2.31. The predicted octanol–water partition coefficient (Wildman–Crippen LogP) is 1.54. The average Bonchev–Trinajstić information content (AvgIpc) is 2.58. The molecule has 8 heteroatoms. The summed E-state index contributed by atoms with van der Waals surface area (Å²) >= 11 is 0. The summed E-state index contributed by atoms with van der Waals surface area (Å²) in [4.78, 5) is 16.1. The van der Waals surface area contributed by atoms with Crippen LogP contribution in [-0.2, 0) is 23.8 Å². The van der Waals surface area contributed by atoms with Crippen molar-refractivity contribution in [3.8, 4) is 0 Å². The van der Waals surface area contributed by atoms with Crippen LogP contribution in [0.3, 0.4) is 0 Å². The van der Waals surface area contributed by atoms with Crippen molar-refractivity contribution in [2.24, 2.45) is 5.90 Å². The first kappa shape index (κ1) is 21.9. The van der Waals surface area contributed by atoms with Gasteiger partial charge in [0.05, 0.1) is 46.2 Å². The molecule has 1 rings (SSSR count). The highest BCUT2D eigenvalue weighted by Crippen LogP contribution is 2.15. The number of alkyl carbamates (subject to hydrolysis) is 1. The monoisotopic (exact) mass is 360 g/mol. The normalized spacial score (nSPS) is 19.0. The van der Waals surface area contributed by atoms with Crippen molar-refractivity contribution in [1.29, 1.82) is 0 Å². The van der Waals surface area contributed by atoms with Crippen LogP contribution in [-0.4, -0.2) is 65.0 Å². The van der Waals surface area contributed by atoms with Crippen LogP contribution in [0.15, 0.2) is 12.2 Å². The quantitative estimate of drug-likeness (QED) is 0.292. The lowest BCUT2D eigenvalue weighted by atomic mass is 10.0. The summed E-state index contributed by atoms with van der Waals surface area (Å²) < 4.78 is 21.3. The van der Waals surface area contributed by atoms with Crippen LogP contribution in [0.2, 0.25) is 0 Å². The van der Waals surface area contributed by atoms with E-state index < -0.39 is 0 Å². The first-order valence-corrected chi connectivity index (χ1v) is 8.97. The van der Waals surface area contributed by atoms with Crippen LogP contribution in [0.25, 0.3) is 0 Å². The van der Waals surface area contributed by atoms with Crippen molar-refractivity contribution in [2.45, 2.75) is 38.2 Å². The summed E-state index contributed by atoms with van der Waals surface area (Å²) in [5.41, 5.74) is 0. The van der Waals surface area contributed by atoms with Crippen molar-refractivity contribution < 1.29 is 28.6 Å². The van der Waals surface area contributed by atoms with Gasteiger partial charge in [0, 0.05) is 6.54 Å². The summed E-state index contributed by atoms with van der Waals surface area (Å²) in [5, 5.41) is 2.71. The lowest BCUT2D eigenvalue weighted by Gasteiger charge is -2.18. The fourth-order valence-corrected chi connectivity index (χ4v) is 2.31. The minimum Gasteiger partial charge on any atom is -0.446 e. The molecular formula is C17H32N2O6. The van der Waals surface area contributed by atoms with Crippen LogP contribution >= 0.6 is 0 Å². The van der Waals surface area contributed by atoms with E-state index in [9.17, 15) is 4.79 Å². The Morgan fingerprint density at radius 3 is 2.28 bits per heavy atom. The molecule has 0 aromatic heterocycles. The third kappa shape index (κ3) is 13.7. The zero-order valence-corrected chi connectivity index (χ0v) is 15.0. The fourth-order valence-electron chi connectivity index (χ4n) is 2.31. The van der Waals surface area contributed by atoms with E-state index in [0.29, 0.717) is 52.8 Å². The van der Waals surface area contributed by atoms with Gasteiger partial charge in [-0.05, 0) is 32.1 Å². The molecule has 1 aliphatic rings. The number of amides is 1. The van der Waals surface area contributed by atoms with Crippen molar-refractivity contribution in [2.75, 3.05) is 52.8 Å². The SMILES string of the molecule is NOCCOCCOCCOCCNC(=O)OC1CC/C=C/CCC1. The van der Waals surface area contributed by atoms with E-state index in [1.807, 2.05) is 0 Å². The maximum Gasteiger partial charge on any atom is 0.407 e. The number of ether oxygens (including phenoxy) is 4. The van der Waals surface area contributed by atoms with Gasteiger partial charge in [-0.3, -0.25) is 0 Å². The Bertz CT molecular complexity index is 354. The van der Waals surface area contributed by atoms with Crippen molar-refractivity contribution in [3.05, 3.63) is 12.2 Å². The number of nitrogens with one attached hydrogen (secondary N) is 1. The highest BCUT2D eigenvalue weighted by atomic mass is 16.6. The van der Waals surface area contributed by atoms with E-state index in [4.69, 9.17) is 24.8 Å². The van der Waals surface area contributed by atoms with E-state index in [0.717, 1.165) is 32.1 Å². The number of allylic oxidation sites excluding steroid dienone is 2. The minimum absolute atomic E-state index is 0.0119. The summed E-state index contributed by atoms with van der Waals surface area (Å²) in [6.07, 6.45) is 8.90. The summed E-state index contributed by atoms with van der Waals surface area (Å²) in [6.45, 7) is 3.62. The molecule has 0 saturated heterocycles. The zero-order valence-electron chi connectivity index (χ0n) is 15.0. The summed E-state index contributed by atoms with van der Waals surface area (Å²) in [6, 6.07) is 0. The smallest absolute Gasteiger partial charge is 0.407 e. The van der Waals surface area contributed by atoms with Crippen LogP contribution < -0.4 is 11.2 Å². The van der Waals surface area contributed by atoms with E-state index in [2.05, 4.69) is 22.3 Å². The Labute approximate surface area is 149 Å². The van der Waals surface area contributed by atoms with Gasteiger partial charge in [0.1, 0.15) is 6.10 Å². The first-order valence-electron chi connectivity index (χ1n) is 8.97. The van der Waals surface area contributed by atoms with E-state index in [1.54, 1.807) is 0 Å². The van der Waals surface area contributed by atoms with Crippen molar-refractivity contribution >= 4 is 6.09 Å². The van der Waals surface area contributed by atoms with Crippen molar-refractivity contribution in [1.82, 2.24) is 5.32 Å². The van der Waals surface area contributed by atoms with Crippen molar-refractivity contribution in [3.63, 3.8) is 0 Å². The highest BCUT2D eigenvalue weighted by molar-refractivity contribution is 5.67. The molecule has 0 saturated carbocycles. The Kier molecular flexibility index (Phi) is 14.2. The third-order valence-corrected chi connectivity index (χ3v) is 3.60. The Balaban J connectivity index is 1.85. The third-order valence-electron chi connectivity index (χ3n) is 3.60. The second kappa shape index (κ2) is 16.3. The van der Waals surface area contributed by atoms with Gasteiger partial charge in [-0.15, -0.1) is 0 Å². The molecular weight excluding hydrogens is 328 g/mol. The van der Waals surface area contributed by atoms with Gasteiger partial charge < -0.3 is 29.1 Å². The molecule has 0 aromatic rings. The topological polar surface area (TPSA) is 101 Å². The molecule has 1 aliphatic carbocycles. The number of hydrogen-bond acceptors (Lipinski definition) is 7. The van der Waals surface area contributed by atoms with Gasteiger partial charge in [0.2, 0.25) is 0 Å². The number of carbonyl (C=O) groups excluding carboxylic acids is 1. The zero-order chi connectivity index (χ0) is 18.0. The van der Waals surface area contributed by atoms with Crippen LogP contribution in [0.4, 0.5) is 4.79 Å². The molecule has 0 fully saturated rings. The number of hydrogen-bond donors (Lipinski definition) is 2. The van der Waals surface area contributed by atoms with Gasteiger partial charge >= 0.3 is 6.09 Å². The molecule has 1 unspecified atom stereocenters. The first-order chi connectivity index (χ1) is 12.3. The van der Waals surface area contributed by atoms with Crippen LogP contribution in [0, 0.1) is 0 Å². The molecule has 1 atom stereocenters. The molecule has 0 aliphatic heterocycles. The molecule has 25 heavy (non-hydrogen) atoms. The predicted molar refractivity (Wildman–Crippen MR) is 93.1 cm³/mol. The number of rotatable bonds is 13. The molecule has 0 heterocycles. The second-order valence-electron chi connectivity index (χ2n) is 5.64. The molecule has 8 nitrogen and oxygen atoms in total. The molecule has 0 aromatic carbocycles. The number of nitrogens with two attached hydrogens (primary N) is 1. The number of carbonyl (C=O) groups is 1. The van der Waals surface area contributed by atoms with Gasteiger partial charge in [-0.25, -0.2) is 10.7 Å². The standard InChI is InChI=1S/C17H32N2O6/c18-24-15-14-23-13-12-22-11-10-21-9-8-19-17(20)25-16-6-4-2-1-3-5-7-16/h1-2,16H,3-15,18H2,(H,19,20)/b2-1+. The fraction of sp³-hybridized carbons (Fsp3) is 0.824. The molecule has 3 N–H and O–H groups in total. The van der Waals surface area contributed by atoms with E-state index in [-0.39, 0.29) is 12.2 Å². The molecule has 0 radical (unpaired) electrons. The maximum absolute atomic E-state index is 11.7. The molecule has 1 amide bonds. The highest BCUT2D eigenvalue weighted by Gasteiger charge is 2.14. The maximum atomic E-state index is 11.7. The van der Waals surface area contributed by atoms with Gasteiger partial charge in [-0.2, -0.15) is 0 Å². The van der Waals surface area contributed by atoms with Crippen LogP contribution in [0.5, 0.6) is 0 Å².